The highest BCUT2D eigenvalue weighted by molar-refractivity contribution is 8.20. The highest BCUT2D eigenvalue weighted by Gasteiger charge is 2.45. The minimum absolute atomic E-state index is 0.0336. The fourth-order valence-electron chi connectivity index (χ4n) is 1.11. The zero-order chi connectivity index (χ0) is 10.8. The number of carbonyl (C=O) groups excluding carboxylic acids is 1. The minimum Gasteiger partial charge on any atom is -0.435 e. The fourth-order valence-corrected chi connectivity index (χ4v) is 2.57. The van der Waals surface area contributed by atoms with E-state index in [4.69, 9.17) is 18.0 Å². The highest BCUT2D eigenvalue weighted by Crippen LogP contribution is 2.50. The molecule has 6 nitrogen and oxygen atoms in total. The zero-order valence-electron chi connectivity index (χ0n) is 8.06. The van der Waals surface area contributed by atoms with E-state index in [2.05, 4.69) is 4.74 Å². The van der Waals surface area contributed by atoms with Gasteiger partial charge in [0.1, 0.15) is 6.61 Å². The van der Waals surface area contributed by atoms with Crippen molar-refractivity contribution in [2.45, 2.75) is 19.4 Å². The van der Waals surface area contributed by atoms with Gasteiger partial charge in [-0.15, -0.1) is 0 Å². The van der Waals surface area contributed by atoms with Gasteiger partial charge in [-0.1, -0.05) is 0 Å². The predicted molar refractivity (Wildman–Crippen MR) is 50.2 cm³/mol. The SMILES string of the molecule is CCOC(=O)OC1(C)COS(O)(O)C1. The molecule has 0 spiro atoms. The maximum Gasteiger partial charge on any atom is 0.508 e. The van der Waals surface area contributed by atoms with E-state index < -0.39 is 22.6 Å². The van der Waals surface area contributed by atoms with Crippen LogP contribution in [0.1, 0.15) is 13.8 Å². The van der Waals surface area contributed by atoms with Crippen LogP contribution in [0.25, 0.3) is 0 Å². The third-order valence-electron chi connectivity index (χ3n) is 1.64. The average Bonchev–Trinajstić information content (AvgIpc) is 2.25. The Morgan fingerprint density at radius 1 is 1.64 bits per heavy atom. The van der Waals surface area contributed by atoms with Crippen molar-refractivity contribution in [2.24, 2.45) is 0 Å². The number of rotatable bonds is 2. The lowest BCUT2D eigenvalue weighted by molar-refractivity contribution is -0.0215. The smallest absolute Gasteiger partial charge is 0.435 e. The molecule has 1 rings (SSSR count). The van der Waals surface area contributed by atoms with Gasteiger partial charge in [0.25, 0.3) is 0 Å². The Kier molecular flexibility index (Phi) is 3.25. The van der Waals surface area contributed by atoms with Crippen molar-refractivity contribution in [1.29, 1.82) is 0 Å². The van der Waals surface area contributed by atoms with Crippen molar-refractivity contribution >= 4 is 17.0 Å². The molecule has 0 aromatic rings. The van der Waals surface area contributed by atoms with Crippen LogP contribution in [0.5, 0.6) is 0 Å². The normalized spacial score (nSPS) is 32.3. The van der Waals surface area contributed by atoms with E-state index in [1.54, 1.807) is 13.8 Å². The lowest BCUT2D eigenvalue weighted by Gasteiger charge is -2.23. The molecule has 0 radical (unpaired) electrons. The van der Waals surface area contributed by atoms with Crippen LogP contribution in [0.4, 0.5) is 4.79 Å². The minimum atomic E-state index is -3.05. The van der Waals surface area contributed by atoms with Crippen LogP contribution in [-0.4, -0.2) is 39.8 Å². The van der Waals surface area contributed by atoms with Crippen LogP contribution in [0.15, 0.2) is 0 Å². The van der Waals surface area contributed by atoms with Crippen molar-refractivity contribution < 1.29 is 27.6 Å². The summed E-state index contributed by atoms with van der Waals surface area (Å²) in [6.07, 6.45) is -0.823. The molecule has 1 aliphatic heterocycles. The summed E-state index contributed by atoms with van der Waals surface area (Å²) in [5.41, 5.74) is -1.01. The van der Waals surface area contributed by atoms with Gasteiger partial charge >= 0.3 is 6.16 Å². The van der Waals surface area contributed by atoms with Crippen molar-refractivity contribution in [3.05, 3.63) is 0 Å². The molecule has 2 N–H and O–H groups in total. The summed E-state index contributed by atoms with van der Waals surface area (Å²) in [5.74, 6) is -0.112. The maximum atomic E-state index is 11.0. The van der Waals surface area contributed by atoms with Crippen molar-refractivity contribution in [2.75, 3.05) is 19.0 Å². The second-order valence-electron chi connectivity index (χ2n) is 3.25. The van der Waals surface area contributed by atoms with E-state index in [0.29, 0.717) is 0 Å². The Bertz CT molecular complexity index is 230. The van der Waals surface area contributed by atoms with E-state index in [-0.39, 0.29) is 19.0 Å². The first-order valence-corrected chi connectivity index (χ1v) is 5.77. The van der Waals surface area contributed by atoms with Gasteiger partial charge < -0.3 is 18.6 Å². The summed E-state index contributed by atoms with van der Waals surface area (Å²) in [6, 6.07) is 0. The highest BCUT2D eigenvalue weighted by atomic mass is 32.3. The van der Waals surface area contributed by atoms with Gasteiger partial charge in [-0.05, 0) is 13.8 Å². The molecule has 0 saturated carbocycles. The fraction of sp³-hybridized carbons (Fsp3) is 0.857. The summed E-state index contributed by atoms with van der Waals surface area (Å²) in [7, 11) is -3.05. The first-order chi connectivity index (χ1) is 6.37. The summed E-state index contributed by atoms with van der Waals surface area (Å²) < 4.78 is 32.5. The van der Waals surface area contributed by atoms with E-state index in [1.807, 2.05) is 0 Å². The Labute approximate surface area is 83.7 Å². The van der Waals surface area contributed by atoms with Gasteiger partial charge in [-0.25, -0.2) is 4.79 Å². The maximum absolute atomic E-state index is 11.0. The molecule has 1 atom stereocenters. The molecular weight excluding hydrogens is 212 g/mol. The zero-order valence-corrected chi connectivity index (χ0v) is 8.87. The summed E-state index contributed by atoms with van der Waals surface area (Å²) >= 11 is 0. The largest absolute Gasteiger partial charge is 0.508 e. The number of carbonyl (C=O) groups is 1. The van der Waals surface area contributed by atoms with Crippen LogP contribution < -0.4 is 0 Å². The Balaban J connectivity index is 2.48. The van der Waals surface area contributed by atoms with Gasteiger partial charge in [0.05, 0.1) is 23.2 Å². The van der Waals surface area contributed by atoms with Crippen molar-refractivity contribution in [3.8, 4) is 0 Å². The number of ether oxygens (including phenoxy) is 2. The molecule has 1 saturated heterocycles. The van der Waals surface area contributed by atoms with E-state index in [1.165, 1.54) is 0 Å². The van der Waals surface area contributed by atoms with Crippen molar-refractivity contribution in [1.82, 2.24) is 0 Å². The standard InChI is InChI=1S/C7H14O6S/c1-3-11-6(8)13-7(2)4-12-14(9,10)5-7/h9-10H,3-5H2,1-2H3. The second-order valence-corrected chi connectivity index (χ2v) is 4.99. The van der Waals surface area contributed by atoms with E-state index in [0.717, 1.165) is 0 Å². The molecule has 7 heteroatoms. The molecule has 1 aliphatic rings. The van der Waals surface area contributed by atoms with E-state index >= 15 is 0 Å². The van der Waals surface area contributed by atoms with E-state index in [9.17, 15) is 4.79 Å². The molecule has 0 amide bonds. The Hall–Kier alpha value is -0.500. The molecule has 0 aliphatic carbocycles. The summed E-state index contributed by atoms with van der Waals surface area (Å²) in [5, 5.41) is 0. The van der Waals surface area contributed by atoms with Crippen LogP contribution in [0, 0.1) is 0 Å². The van der Waals surface area contributed by atoms with Crippen LogP contribution >= 0.6 is 10.9 Å². The lowest BCUT2D eigenvalue weighted by Crippen LogP contribution is -2.35. The molecule has 0 bridgehead atoms. The second kappa shape index (κ2) is 3.93. The summed E-state index contributed by atoms with van der Waals surface area (Å²) in [6.45, 7) is 3.40. The topological polar surface area (TPSA) is 85.2 Å². The monoisotopic (exact) mass is 226 g/mol. The number of hydrogen-bond acceptors (Lipinski definition) is 6. The van der Waals surface area contributed by atoms with Crippen molar-refractivity contribution in [3.63, 3.8) is 0 Å². The Morgan fingerprint density at radius 2 is 2.29 bits per heavy atom. The average molecular weight is 226 g/mol. The van der Waals surface area contributed by atoms with Gasteiger partial charge in [0, 0.05) is 0 Å². The van der Waals surface area contributed by atoms with Crippen LogP contribution in [0.2, 0.25) is 0 Å². The van der Waals surface area contributed by atoms with Crippen LogP contribution in [0.3, 0.4) is 0 Å². The molecule has 1 unspecified atom stereocenters. The van der Waals surface area contributed by atoms with Gasteiger partial charge in [0.2, 0.25) is 0 Å². The third kappa shape index (κ3) is 3.02. The molecule has 84 valence electrons. The molecule has 0 aromatic carbocycles. The molecule has 1 fully saturated rings. The van der Waals surface area contributed by atoms with Gasteiger partial charge in [-0.3, -0.25) is 4.18 Å². The lowest BCUT2D eigenvalue weighted by atomic mass is 10.1. The van der Waals surface area contributed by atoms with Gasteiger partial charge in [-0.2, -0.15) is 0 Å². The van der Waals surface area contributed by atoms with Crippen LogP contribution in [-0.2, 0) is 13.7 Å². The number of hydrogen-bond donors (Lipinski definition) is 2. The summed E-state index contributed by atoms with van der Waals surface area (Å²) in [4.78, 5) is 11.0. The first-order valence-electron chi connectivity index (χ1n) is 4.13. The third-order valence-corrected chi connectivity index (χ3v) is 3.12. The first kappa shape index (κ1) is 11.6. The quantitative estimate of drug-likeness (QED) is 0.696. The Morgan fingerprint density at radius 3 is 2.71 bits per heavy atom. The predicted octanol–water partition coefficient (Wildman–Crippen LogP) is 1.61. The molecule has 14 heavy (non-hydrogen) atoms. The molecule has 0 aromatic heterocycles. The molecular formula is C7H14O6S. The van der Waals surface area contributed by atoms with Gasteiger partial charge in [0.15, 0.2) is 5.60 Å². The molecule has 1 heterocycles.